The Hall–Kier alpha value is -3.25. The summed E-state index contributed by atoms with van der Waals surface area (Å²) < 4.78 is 11.3. The van der Waals surface area contributed by atoms with Crippen molar-refractivity contribution in [3.63, 3.8) is 0 Å². The lowest BCUT2D eigenvalue weighted by atomic mass is 9.80. The summed E-state index contributed by atoms with van der Waals surface area (Å²) in [5.74, 6) is -0.0665. The van der Waals surface area contributed by atoms with Crippen LogP contribution in [0.2, 0.25) is 0 Å². The molecule has 0 N–H and O–H groups in total. The summed E-state index contributed by atoms with van der Waals surface area (Å²) in [7, 11) is 0. The second kappa shape index (κ2) is 8.47. The quantitative estimate of drug-likeness (QED) is 0.595. The number of hydrogen-bond acceptors (Lipinski definition) is 5. The van der Waals surface area contributed by atoms with Crippen LogP contribution in [0.1, 0.15) is 28.8 Å². The molecule has 2 bridgehead atoms. The molecular formula is C25H24N2O4. The maximum absolute atomic E-state index is 13.4. The van der Waals surface area contributed by atoms with Crippen LogP contribution in [0.5, 0.6) is 0 Å². The highest BCUT2D eigenvalue weighted by atomic mass is 16.6. The number of carbonyl (C=O) groups is 2. The SMILES string of the molecule is O=C(c1cccc2cccnc12)C1CC2COCC(C1)N2C(=O)OCc1ccccc1. The third kappa shape index (κ3) is 3.91. The van der Waals surface area contributed by atoms with Gasteiger partial charge in [0.25, 0.3) is 0 Å². The van der Waals surface area contributed by atoms with Crippen LogP contribution in [-0.2, 0) is 16.1 Å². The zero-order valence-corrected chi connectivity index (χ0v) is 17.1. The summed E-state index contributed by atoms with van der Waals surface area (Å²) in [4.78, 5) is 32.5. The largest absolute Gasteiger partial charge is 0.445 e. The normalized spacial score (nSPS) is 22.8. The predicted molar refractivity (Wildman–Crippen MR) is 116 cm³/mol. The number of ether oxygens (including phenoxy) is 2. The van der Waals surface area contributed by atoms with Crippen LogP contribution >= 0.6 is 0 Å². The molecule has 6 heteroatoms. The Morgan fingerprint density at radius 1 is 0.968 bits per heavy atom. The molecule has 2 atom stereocenters. The van der Waals surface area contributed by atoms with Crippen LogP contribution in [0.15, 0.2) is 66.9 Å². The van der Waals surface area contributed by atoms with Crippen molar-refractivity contribution in [3.8, 4) is 0 Å². The highest BCUT2D eigenvalue weighted by molar-refractivity contribution is 6.07. The Kier molecular flexibility index (Phi) is 5.38. The number of fused-ring (bicyclic) bond motifs is 3. The Bertz CT molecular complexity index is 1080. The number of para-hydroxylation sites is 1. The van der Waals surface area contributed by atoms with E-state index in [9.17, 15) is 9.59 Å². The van der Waals surface area contributed by atoms with Crippen LogP contribution in [0.4, 0.5) is 4.79 Å². The van der Waals surface area contributed by atoms with Crippen molar-refractivity contribution in [1.82, 2.24) is 9.88 Å². The van der Waals surface area contributed by atoms with E-state index in [0.29, 0.717) is 31.6 Å². The van der Waals surface area contributed by atoms with Gasteiger partial charge in [-0.2, -0.15) is 0 Å². The monoisotopic (exact) mass is 416 g/mol. The molecule has 158 valence electrons. The number of piperidine rings is 1. The number of aromatic nitrogens is 1. The van der Waals surface area contributed by atoms with Gasteiger partial charge in [-0.3, -0.25) is 14.7 Å². The number of nitrogens with zero attached hydrogens (tertiary/aromatic N) is 2. The summed E-state index contributed by atoms with van der Waals surface area (Å²) in [6, 6.07) is 18.9. The lowest BCUT2D eigenvalue weighted by Gasteiger charge is -2.47. The van der Waals surface area contributed by atoms with Crippen molar-refractivity contribution in [2.75, 3.05) is 13.2 Å². The summed E-state index contributed by atoms with van der Waals surface area (Å²) in [5, 5.41) is 0.957. The third-order valence-corrected chi connectivity index (χ3v) is 6.21. The molecule has 3 aromatic rings. The minimum atomic E-state index is -0.333. The fraction of sp³-hybridized carbons (Fsp3) is 0.320. The number of rotatable bonds is 4. The van der Waals surface area contributed by atoms with E-state index >= 15 is 0 Å². The second-order valence-electron chi connectivity index (χ2n) is 8.21. The molecule has 31 heavy (non-hydrogen) atoms. The Morgan fingerprint density at radius 3 is 2.48 bits per heavy atom. The molecule has 2 saturated heterocycles. The van der Waals surface area contributed by atoms with Crippen molar-refractivity contribution >= 4 is 22.8 Å². The first-order valence-corrected chi connectivity index (χ1v) is 10.7. The fourth-order valence-corrected chi connectivity index (χ4v) is 4.74. The van der Waals surface area contributed by atoms with Gasteiger partial charge in [-0.1, -0.05) is 48.5 Å². The van der Waals surface area contributed by atoms with Crippen LogP contribution in [0, 0.1) is 5.92 Å². The van der Waals surface area contributed by atoms with Crippen molar-refractivity contribution in [1.29, 1.82) is 0 Å². The van der Waals surface area contributed by atoms with E-state index in [4.69, 9.17) is 9.47 Å². The first kappa shape index (κ1) is 19.7. The zero-order valence-electron chi connectivity index (χ0n) is 17.1. The van der Waals surface area contributed by atoms with Gasteiger partial charge in [-0.05, 0) is 30.5 Å². The molecule has 2 aromatic carbocycles. The molecule has 6 nitrogen and oxygen atoms in total. The Labute approximate surface area is 180 Å². The average molecular weight is 416 g/mol. The minimum Gasteiger partial charge on any atom is -0.445 e. The number of morpholine rings is 1. The van der Waals surface area contributed by atoms with Crippen molar-refractivity contribution in [3.05, 3.63) is 78.0 Å². The van der Waals surface area contributed by atoms with E-state index in [-0.39, 0.29) is 36.5 Å². The van der Waals surface area contributed by atoms with Crippen LogP contribution in [0.25, 0.3) is 10.9 Å². The molecule has 0 saturated carbocycles. The van der Waals surface area contributed by atoms with Gasteiger partial charge >= 0.3 is 6.09 Å². The van der Waals surface area contributed by atoms with Crippen molar-refractivity contribution in [2.45, 2.75) is 31.5 Å². The molecule has 1 aromatic heterocycles. The molecule has 5 rings (SSSR count). The van der Waals surface area contributed by atoms with Crippen LogP contribution in [0.3, 0.4) is 0 Å². The number of carbonyl (C=O) groups excluding carboxylic acids is 2. The fourth-order valence-electron chi connectivity index (χ4n) is 4.74. The van der Waals surface area contributed by atoms with Gasteiger partial charge in [0.05, 0.1) is 30.8 Å². The molecule has 2 aliphatic rings. The smallest absolute Gasteiger partial charge is 0.410 e. The molecule has 3 heterocycles. The lowest BCUT2D eigenvalue weighted by molar-refractivity contribution is -0.0755. The molecule has 1 amide bonds. The highest BCUT2D eigenvalue weighted by Crippen LogP contribution is 2.35. The van der Waals surface area contributed by atoms with Gasteiger partial charge in [-0.15, -0.1) is 0 Å². The van der Waals surface area contributed by atoms with Gasteiger partial charge in [0.2, 0.25) is 0 Å². The van der Waals surface area contributed by atoms with E-state index in [1.54, 1.807) is 11.1 Å². The van der Waals surface area contributed by atoms with E-state index in [1.807, 2.05) is 60.7 Å². The molecule has 0 spiro atoms. The van der Waals surface area contributed by atoms with Gasteiger partial charge < -0.3 is 9.47 Å². The molecular weight excluding hydrogens is 392 g/mol. The van der Waals surface area contributed by atoms with Gasteiger partial charge in [0.1, 0.15) is 6.61 Å². The van der Waals surface area contributed by atoms with Crippen LogP contribution in [-0.4, -0.2) is 47.1 Å². The first-order valence-electron chi connectivity index (χ1n) is 10.7. The number of pyridine rings is 1. The maximum Gasteiger partial charge on any atom is 0.410 e. The number of ketones is 1. The number of hydrogen-bond donors (Lipinski definition) is 0. The standard InChI is InChI=1S/C25H24N2O4/c28-24(22-10-4-8-18-9-5-11-26-23(18)22)19-12-20-15-30-16-21(13-19)27(20)25(29)31-14-17-6-2-1-3-7-17/h1-11,19-21H,12-16H2. The lowest BCUT2D eigenvalue weighted by Crippen LogP contribution is -2.59. The van der Waals surface area contributed by atoms with Crippen molar-refractivity contribution < 1.29 is 19.1 Å². The van der Waals surface area contributed by atoms with E-state index < -0.39 is 0 Å². The maximum atomic E-state index is 13.4. The zero-order chi connectivity index (χ0) is 21.2. The Balaban J connectivity index is 1.31. The third-order valence-electron chi connectivity index (χ3n) is 6.21. The number of benzene rings is 2. The summed E-state index contributed by atoms with van der Waals surface area (Å²) in [6.45, 7) is 1.09. The van der Waals surface area contributed by atoms with Gasteiger partial charge in [0, 0.05) is 23.1 Å². The minimum absolute atomic E-state index is 0.0958. The van der Waals surface area contributed by atoms with Crippen molar-refractivity contribution in [2.24, 2.45) is 5.92 Å². The molecule has 0 aliphatic carbocycles. The first-order chi connectivity index (χ1) is 15.2. The number of amides is 1. The van der Waals surface area contributed by atoms with E-state index in [0.717, 1.165) is 16.5 Å². The van der Waals surface area contributed by atoms with Gasteiger partial charge in [-0.25, -0.2) is 4.79 Å². The topological polar surface area (TPSA) is 68.7 Å². The molecule has 2 unspecified atom stereocenters. The summed E-state index contributed by atoms with van der Waals surface area (Å²) in [5.41, 5.74) is 2.34. The highest BCUT2D eigenvalue weighted by Gasteiger charge is 2.44. The second-order valence-corrected chi connectivity index (χ2v) is 8.21. The molecule has 2 fully saturated rings. The average Bonchev–Trinajstić information content (AvgIpc) is 2.81. The number of Topliss-reactive ketones (excluding diaryl/α,β-unsaturated/α-hetero) is 1. The molecule has 2 aliphatic heterocycles. The van der Waals surface area contributed by atoms with E-state index in [2.05, 4.69) is 4.98 Å². The summed E-state index contributed by atoms with van der Waals surface area (Å²) in [6.07, 6.45) is 2.52. The van der Waals surface area contributed by atoms with E-state index in [1.165, 1.54) is 0 Å². The predicted octanol–water partition coefficient (Wildman–Crippen LogP) is 4.23. The van der Waals surface area contributed by atoms with Crippen LogP contribution < -0.4 is 0 Å². The summed E-state index contributed by atoms with van der Waals surface area (Å²) >= 11 is 0. The Morgan fingerprint density at radius 2 is 1.71 bits per heavy atom. The molecule has 0 radical (unpaired) electrons. The van der Waals surface area contributed by atoms with Gasteiger partial charge in [0.15, 0.2) is 5.78 Å².